The van der Waals surface area contributed by atoms with E-state index in [1.54, 1.807) is 13.0 Å². The molecule has 1 aromatic rings. The lowest BCUT2D eigenvalue weighted by Gasteiger charge is -2.25. The van der Waals surface area contributed by atoms with Crippen molar-refractivity contribution in [2.24, 2.45) is 5.41 Å². The summed E-state index contributed by atoms with van der Waals surface area (Å²) < 4.78 is 5.82. The van der Waals surface area contributed by atoms with Gasteiger partial charge in [0.2, 0.25) is 0 Å². The van der Waals surface area contributed by atoms with Crippen LogP contribution < -0.4 is 10.6 Å². The number of urea groups is 1. The highest BCUT2D eigenvalue weighted by Crippen LogP contribution is 2.28. The van der Waals surface area contributed by atoms with Gasteiger partial charge in [0, 0.05) is 4.88 Å². The van der Waals surface area contributed by atoms with Crippen LogP contribution in [0, 0.1) is 5.41 Å². The predicted octanol–water partition coefficient (Wildman–Crippen LogP) is 1.69. The highest BCUT2D eigenvalue weighted by Gasteiger charge is 2.47. The van der Waals surface area contributed by atoms with Crippen LogP contribution in [0.3, 0.4) is 0 Å². The molecule has 20 heavy (non-hydrogen) atoms. The predicted molar refractivity (Wildman–Crippen MR) is 75.1 cm³/mol. The van der Waals surface area contributed by atoms with Gasteiger partial charge in [-0.15, -0.1) is 11.3 Å². The molecule has 1 aromatic heterocycles. The molecule has 0 spiro atoms. The van der Waals surface area contributed by atoms with E-state index in [1.165, 1.54) is 11.3 Å². The van der Waals surface area contributed by atoms with Crippen LogP contribution >= 0.6 is 22.9 Å². The first-order chi connectivity index (χ1) is 9.41. The maximum Gasteiger partial charge on any atom is 0.315 e. The van der Waals surface area contributed by atoms with Crippen molar-refractivity contribution in [2.75, 3.05) is 13.2 Å². The van der Waals surface area contributed by atoms with Gasteiger partial charge in [-0.3, -0.25) is 4.79 Å². The van der Waals surface area contributed by atoms with E-state index in [0.29, 0.717) is 10.9 Å². The number of amides is 2. The third kappa shape index (κ3) is 3.23. The molecule has 0 saturated carbocycles. The second-order valence-electron chi connectivity index (χ2n) is 4.82. The van der Waals surface area contributed by atoms with Crippen molar-refractivity contribution in [3.05, 3.63) is 21.3 Å². The van der Waals surface area contributed by atoms with Gasteiger partial charge >= 0.3 is 12.0 Å². The van der Waals surface area contributed by atoms with Crippen molar-refractivity contribution < 1.29 is 19.4 Å². The van der Waals surface area contributed by atoms with Gasteiger partial charge in [0.25, 0.3) is 0 Å². The van der Waals surface area contributed by atoms with E-state index in [9.17, 15) is 14.7 Å². The molecule has 1 aliphatic rings. The van der Waals surface area contributed by atoms with Crippen molar-refractivity contribution in [1.29, 1.82) is 0 Å². The monoisotopic (exact) mass is 318 g/mol. The molecule has 1 fully saturated rings. The molecule has 0 aliphatic carbocycles. The average molecular weight is 319 g/mol. The summed E-state index contributed by atoms with van der Waals surface area (Å²) in [7, 11) is 0. The number of thiophene rings is 1. The number of carboxylic acids is 1. The normalized spacial score (nSPS) is 25.4. The molecule has 2 unspecified atom stereocenters. The zero-order chi connectivity index (χ0) is 14.8. The second-order valence-corrected chi connectivity index (χ2v) is 6.62. The zero-order valence-electron chi connectivity index (χ0n) is 10.8. The number of hydrogen-bond acceptors (Lipinski definition) is 4. The van der Waals surface area contributed by atoms with Crippen LogP contribution in [0.15, 0.2) is 12.1 Å². The molecule has 2 rings (SSSR count). The van der Waals surface area contributed by atoms with Gasteiger partial charge < -0.3 is 20.5 Å². The molecule has 2 atom stereocenters. The zero-order valence-corrected chi connectivity index (χ0v) is 12.4. The summed E-state index contributed by atoms with van der Waals surface area (Å²) in [4.78, 5) is 23.9. The lowest BCUT2D eigenvalue weighted by molar-refractivity contribution is -0.148. The number of halogens is 1. The number of nitrogens with one attached hydrogen (secondary N) is 2. The molecule has 0 bridgehead atoms. The van der Waals surface area contributed by atoms with E-state index in [4.69, 9.17) is 16.3 Å². The Kier molecular flexibility index (Phi) is 4.52. The summed E-state index contributed by atoms with van der Waals surface area (Å²) in [5, 5.41) is 14.5. The Hall–Kier alpha value is -1.31. The van der Waals surface area contributed by atoms with E-state index in [0.717, 1.165) is 4.88 Å². The summed E-state index contributed by atoms with van der Waals surface area (Å²) in [6.45, 7) is 2.20. The third-order valence-electron chi connectivity index (χ3n) is 3.30. The van der Waals surface area contributed by atoms with Gasteiger partial charge in [0.1, 0.15) is 5.41 Å². The first kappa shape index (κ1) is 15.1. The van der Waals surface area contributed by atoms with E-state index in [2.05, 4.69) is 10.6 Å². The topological polar surface area (TPSA) is 87.7 Å². The van der Waals surface area contributed by atoms with Gasteiger partial charge in [0.05, 0.1) is 30.1 Å². The first-order valence-electron chi connectivity index (χ1n) is 6.01. The van der Waals surface area contributed by atoms with E-state index < -0.39 is 23.5 Å². The SMILES string of the molecule is CC1(C(=O)O)COCC1NC(=O)NCc1ccc(Cl)s1. The largest absolute Gasteiger partial charge is 0.481 e. The maximum absolute atomic E-state index is 11.8. The fourth-order valence-electron chi connectivity index (χ4n) is 1.91. The Morgan fingerprint density at radius 2 is 2.35 bits per heavy atom. The number of rotatable bonds is 4. The molecular formula is C12H15ClN2O4S. The fraction of sp³-hybridized carbons (Fsp3) is 0.500. The Morgan fingerprint density at radius 3 is 2.95 bits per heavy atom. The van der Waals surface area contributed by atoms with Gasteiger partial charge in [-0.2, -0.15) is 0 Å². The van der Waals surface area contributed by atoms with Crippen LogP contribution in [0.1, 0.15) is 11.8 Å². The van der Waals surface area contributed by atoms with Gasteiger partial charge in [-0.05, 0) is 19.1 Å². The van der Waals surface area contributed by atoms with Gasteiger partial charge in [0.15, 0.2) is 0 Å². The van der Waals surface area contributed by atoms with E-state index in [-0.39, 0.29) is 13.2 Å². The minimum Gasteiger partial charge on any atom is -0.481 e. The molecule has 1 aliphatic heterocycles. The van der Waals surface area contributed by atoms with Crippen LogP contribution in [-0.2, 0) is 16.1 Å². The molecule has 0 aromatic carbocycles. The molecule has 1 saturated heterocycles. The highest BCUT2D eigenvalue weighted by molar-refractivity contribution is 7.16. The minimum absolute atomic E-state index is 0.0911. The molecule has 0 radical (unpaired) electrons. The number of carbonyl (C=O) groups is 2. The smallest absolute Gasteiger partial charge is 0.315 e. The fourth-order valence-corrected chi connectivity index (χ4v) is 2.94. The highest BCUT2D eigenvalue weighted by atomic mass is 35.5. The summed E-state index contributed by atoms with van der Waals surface area (Å²) in [5.41, 5.74) is -1.09. The van der Waals surface area contributed by atoms with Crippen molar-refractivity contribution in [3.63, 3.8) is 0 Å². The van der Waals surface area contributed by atoms with Crippen LogP contribution in [0.5, 0.6) is 0 Å². The quantitative estimate of drug-likeness (QED) is 0.788. The summed E-state index contributed by atoms with van der Waals surface area (Å²) in [5.74, 6) is -0.981. The molecule has 2 heterocycles. The van der Waals surface area contributed by atoms with Crippen molar-refractivity contribution in [3.8, 4) is 0 Å². The number of hydrogen-bond donors (Lipinski definition) is 3. The lowest BCUT2D eigenvalue weighted by Crippen LogP contribution is -2.52. The standard InChI is InChI=1S/C12H15ClN2O4S/c1-12(10(16)17)6-19-5-8(12)15-11(18)14-4-7-2-3-9(13)20-7/h2-3,8H,4-6H2,1H3,(H,16,17)(H2,14,15,18). The summed E-state index contributed by atoms with van der Waals surface area (Å²) >= 11 is 7.18. The number of aliphatic carboxylic acids is 1. The molecule has 3 N–H and O–H groups in total. The van der Waals surface area contributed by atoms with Crippen LogP contribution in [0.2, 0.25) is 4.34 Å². The van der Waals surface area contributed by atoms with Gasteiger partial charge in [-0.1, -0.05) is 11.6 Å². The maximum atomic E-state index is 11.8. The minimum atomic E-state index is -1.09. The second kappa shape index (κ2) is 5.99. The average Bonchev–Trinajstić information content (AvgIpc) is 2.95. The molecule has 8 heteroatoms. The van der Waals surface area contributed by atoms with Crippen LogP contribution in [0.4, 0.5) is 4.79 Å². The Morgan fingerprint density at radius 1 is 1.60 bits per heavy atom. The Balaban J connectivity index is 1.86. The van der Waals surface area contributed by atoms with Crippen molar-refractivity contribution >= 4 is 34.9 Å². The number of carbonyl (C=O) groups excluding carboxylic acids is 1. The van der Waals surface area contributed by atoms with Gasteiger partial charge in [-0.25, -0.2) is 4.79 Å². The van der Waals surface area contributed by atoms with Crippen molar-refractivity contribution in [1.82, 2.24) is 10.6 Å². The number of carboxylic acid groups (broad SMARTS) is 1. The molecule has 2 amide bonds. The van der Waals surface area contributed by atoms with Crippen LogP contribution in [0.25, 0.3) is 0 Å². The molecular weight excluding hydrogens is 304 g/mol. The number of ether oxygens (including phenoxy) is 1. The Bertz CT molecular complexity index is 521. The van der Waals surface area contributed by atoms with Crippen molar-refractivity contribution in [2.45, 2.75) is 19.5 Å². The first-order valence-corrected chi connectivity index (χ1v) is 7.21. The lowest BCUT2D eigenvalue weighted by atomic mass is 9.85. The molecule has 6 nitrogen and oxygen atoms in total. The van der Waals surface area contributed by atoms with E-state index in [1.807, 2.05) is 6.07 Å². The van der Waals surface area contributed by atoms with Crippen LogP contribution in [-0.4, -0.2) is 36.4 Å². The van der Waals surface area contributed by atoms with E-state index >= 15 is 0 Å². The Labute approximate surface area is 125 Å². The summed E-state index contributed by atoms with van der Waals surface area (Å²) in [6.07, 6.45) is 0. The third-order valence-corrected chi connectivity index (χ3v) is 4.53. The molecule has 110 valence electrons. The summed E-state index contributed by atoms with van der Waals surface area (Å²) in [6, 6.07) is 2.62.